The molecule has 0 N–H and O–H groups in total. The first-order valence-electron chi connectivity index (χ1n) is 8.16. The summed E-state index contributed by atoms with van der Waals surface area (Å²) in [5.74, 6) is 0.718. The lowest BCUT2D eigenvalue weighted by atomic mass is 10.1. The topological polar surface area (TPSA) is 41.9 Å². The molecule has 1 aromatic rings. The van der Waals surface area contributed by atoms with Gasteiger partial charge in [-0.2, -0.15) is 4.99 Å². The molecule has 0 saturated carbocycles. The molecule has 1 aromatic carbocycles. The molecule has 0 radical (unpaired) electrons. The molecule has 1 saturated heterocycles. The maximum atomic E-state index is 12.1. The third-order valence-corrected chi connectivity index (χ3v) is 4.83. The summed E-state index contributed by atoms with van der Waals surface area (Å²) in [6.07, 6.45) is 5.71. The van der Waals surface area contributed by atoms with E-state index in [0.717, 1.165) is 29.6 Å². The van der Waals surface area contributed by atoms with Crippen molar-refractivity contribution in [3.05, 3.63) is 34.7 Å². The van der Waals surface area contributed by atoms with E-state index in [-0.39, 0.29) is 12.0 Å². The highest BCUT2D eigenvalue weighted by atomic mass is 32.2. The molecule has 0 unspecified atom stereocenters. The van der Waals surface area contributed by atoms with Crippen LogP contribution >= 0.6 is 11.8 Å². The monoisotopic (exact) mass is 330 g/mol. The first kappa shape index (κ1) is 16.1. The van der Waals surface area contributed by atoms with Gasteiger partial charge in [-0.3, -0.25) is 4.79 Å². The molecule has 5 heteroatoms. The number of carbonyl (C=O) groups excluding carboxylic acids is 1. The van der Waals surface area contributed by atoms with Crippen molar-refractivity contribution >= 4 is 28.9 Å². The van der Waals surface area contributed by atoms with E-state index >= 15 is 0 Å². The molecule has 2 aliphatic rings. The summed E-state index contributed by atoms with van der Waals surface area (Å²) in [6, 6.07) is 7.81. The van der Waals surface area contributed by atoms with Crippen LogP contribution in [0.25, 0.3) is 6.08 Å². The lowest BCUT2D eigenvalue weighted by Gasteiger charge is -2.27. The highest BCUT2D eigenvalue weighted by molar-refractivity contribution is 8.18. The molecule has 0 bridgehead atoms. The summed E-state index contributed by atoms with van der Waals surface area (Å²) >= 11 is 1.49. The van der Waals surface area contributed by atoms with Gasteiger partial charge in [0, 0.05) is 13.1 Å². The van der Waals surface area contributed by atoms with Crippen LogP contribution in [0.3, 0.4) is 0 Å². The Labute approximate surface area is 141 Å². The van der Waals surface area contributed by atoms with Crippen LogP contribution in [0.15, 0.2) is 34.2 Å². The Morgan fingerprint density at radius 3 is 2.52 bits per heavy atom. The second-order valence-corrected chi connectivity index (χ2v) is 7.10. The smallest absolute Gasteiger partial charge is 0.286 e. The van der Waals surface area contributed by atoms with Gasteiger partial charge in [-0.1, -0.05) is 12.1 Å². The largest absolute Gasteiger partial charge is 0.491 e. The third kappa shape index (κ3) is 4.16. The van der Waals surface area contributed by atoms with E-state index in [1.807, 2.05) is 44.2 Å². The number of benzene rings is 1. The van der Waals surface area contributed by atoms with E-state index in [1.54, 1.807) is 0 Å². The molecule has 0 aromatic heterocycles. The standard InChI is InChI=1S/C18H22N2O2S/c1-13(2)22-15-8-6-14(7-9-15)12-16-17(21)19-18(23-16)20-10-4-3-5-11-20/h6-9,12-13H,3-5,10-11H2,1-2H3. The number of piperidine rings is 1. The van der Waals surface area contributed by atoms with E-state index in [0.29, 0.717) is 4.91 Å². The number of likely N-dealkylation sites (tertiary alicyclic amines) is 1. The van der Waals surface area contributed by atoms with Gasteiger partial charge in [0.2, 0.25) is 0 Å². The first-order valence-corrected chi connectivity index (χ1v) is 8.98. The molecule has 1 fully saturated rings. The van der Waals surface area contributed by atoms with Crippen LogP contribution in [-0.4, -0.2) is 35.2 Å². The normalized spacial score (nSPS) is 20.3. The van der Waals surface area contributed by atoms with Crippen LogP contribution in [0.4, 0.5) is 0 Å². The number of hydrogen-bond donors (Lipinski definition) is 0. The van der Waals surface area contributed by atoms with Crippen molar-refractivity contribution in [2.45, 2.75) is 39.2 Å². The average molecular weight is 330 g/mol. The number of amidine groups is 1. The molecule has 2 heterocycles. The molecule has 23 heavy (non-hydrogen) atoms. The zero-order chi connectivity index (χ0) is 16.2. The van der Waals surface area contributed by atoms with Crippen LogP contribution in [0, 0.1) is 0 Å². The Kier molecular flexibility index (Phi) is 5.06. The van der Waals surface area contributed by atoms with Crippen LogP contribution in [0.2, 0.25) is 0 Å². The van der Waals surface area contributed by atoms with E-state index in [1.165, 1.54) is 31.0 Å². The Bertz CT molecular complexity index is 629. The van der Waals surface area contributed by atoms with Gasteiger partial charge >= 0.3 is 0 Å². The fraction of sp³-hybridized carbons (Fsp3) is 0.444. The van der Waals surface area contributed by atoms with E-state index in [2.05, 4.69) is 9.89 Å². The van der Waals surface area contributed by atoms with Crippen molar-refractivity contribution in [1.82, 2.24) is 4.90 Å². The Morgan fingerprint density at radius 2 is 1.87 bits per heavy atom. The number of hydrogen-bond acceptors (Lipinski definition) is 4. The number of carbonyl (C=O) groups is 1. The molecule has 3 rings (SSSR count). The highest BCUT2D eigenvalue weighted by Crippen LogP contribution is 2.31. The van der Waals surface area contributed by atoms with E-state index in [4.69, 9.17) is 4.74 Å². The summed E-state index contributed by atoms with van der Waals surface area (Å²) < 4.78 is 5.63. The summed E-state index contributed by atoms with van der Waals surface area (Å²) in [4.78, 5) is 19.3. The summed E-state index contributed by atoms with van der Waals surface area (Å²) in [6.45, 7) is 6.02. The molecule has 122 valence electrons. The van der Waals surface area contributed by atoms with Crippen molar-refractivity contribution in [3.8, 4) is 5.75 Å². The Balaban J connectivity index is 1.67. The molecule has 0 atom stereocenters. The van der Waals surface area contributed by atoms with Crippen LogP contribution < -0.4 is 4.74 Å². The highest BCUT2D eigenvalue weighted by Gasteiger charge is 2.26. The van der Waals surface area contributed by atoms with Gasteiger partial charge in [0.25, 0.3) is 5.91 Å². The fourth-order valence-electron chi connectivity index (χ4n) is 2.68. The van der Waals surface area contributed by atoms with Crippen LogP contribution in [0.5, 0.6) is 5.75 Å². The van der Waals surface area contributed by atoms with Crippen molar-refractivity contribution in [3.63, 3.8) is 0 Å². The number of ether oxygens (including phenoxy) is 1. The first-order chi connectivity index (χ1) is 11.1. The predicted octanol–water partition coefficient (Wildman–Crippen LogP) is 3.93. The zero-order valence-electron chi connectivity index (χ0n) is 13.6. The van der Waals surface area contributed by atoms with E-state index < -0.39 is 0 Å². The van der Waals surface area contributed by atoms with Gasteiger partial charge in [-0.25, -0.2) is 0 Å². The number of aliphatic imine (C=N–C) groups is 1. The summed E-state index contributed by atoms with van der Waals surface area (Å²) in [5.41, 5.74) is 0.993. The average Bonchev–Trinajstić information content (AvgIpc) is 2.91. The lowest BCUT2D eigenvalue weighted by molar-refractivity contribution is -0.113. The van der Waals surface area contributed by atoms with Crippen molar-refractivity contribution in [2.75, 3.05) is 13.1 Å². The minimum atomic E-state index is -0.127. The van der Waals surface area contributed by atoms with Gasteiger partial charge in [0.1, 0.15) is 5.75 Å². The van der Waals surface area contributed by atoms with Crippen molar-refractivity contribution < 1.29 is 9.53 Å². The second kappa shape index (κ2) is 7.21. The SMILES string of the molecule is CC(C)Oc1ccc(C=C2SC(N3CCCCC3)=NC2=O)cc1. The summed E-state index contributed by atoms with van der Waals surface area (Å²) in [7, 11) is 0. The minimum absolute atomic E-state index is 0.127. The van der Waals surface area contributed by atoms with Crippen LogP contribution in [-0.2, 0) is 4.79 Å². The zero-order valence-corrected chi connectivity index (χ0v) is 14.4. The number of thioether (sulfide) groups is 1. The molecule has 0 spiro atoms. The van der Waals surface area contributed by atoms with E-state index in [9.17, 15) is 4.79 Å². The number of nitrogens with zero attached hydrogens (tertiary/aromatic N) is 2. The van der Waals surface area contributed by atoms with Gasteiger partial charge in [0.05, 0.1) is 11.0 Å². The van der Waals surface area contributed by atoms with Crippen molar-refractivity contribution in [2.24, 2.45) is 4.99 Å². The molecule has 1 amide bonds. The van der Waals surface area contributed by atoms with Gasteiger partial charge < -0.3 is 9.64 Å². The molecular weight excluding hydrogens is 308 g/mol. The third-order valence-electron chi connectivity index (χ3n) is 3.79. The maximum Gasteiger partial charge on any atom is 0.286 e. The van der Waals surface area contributed by atoms with Gasteiger partial charge in [-0.05, 0) is 68.6 Å². The Hall–Kier alpha value is -1.75. The van der Waals surface area contributed by atoms with Gasteiger partial charge in [0.15, 0.2) is 5.17 Å². The molecule has 4 nitrogen and oxygen atoms in total. The summed E-state index contributed by atoms with van der Waals surface area (Å²) in [5, 5.41) is 0.862. The fourth-order valence-corrected chi connectivity index (χ4v) is 3.65. The number of amides is 1. The van der Waals surface area contributed by atoms with Crippen molar-refractivity contribution in [1.29, 1.82) is 0 Å². The molecular formula is C18H22N2O2S. The van der Waals surface area contributed by atoms with Gasteiger partial charge in [-0.15, -0.1) is 0 Å². The molecule has 0 aliphatic carbocycles. The quantitative estimate of drug-likeness (QED) is 0.788. The maximum absolute atomic E-state index is 12.1. The van der Waals surface area contributed by atoms with Crippen LogP contribution in [0.1, 0.15) is 38.7 Å². The minimum Gasteiger partial charge on any atom is -0.491 e. The lowest BCUT2D eigenvalue weighted by Crippen LogP contribution is -2.33. The number of rotatable bonds is 3. The second-order valence-electron chi connectivity index (χ2n) is 6.09. The molecule has 2 aliphatic heterocycles. The Morgan fingerprint density at radius 1 is 1.17 bits per heavy atom. The predicted molar refractivity (Wildman–Crippen MR) is 95.6 cm³/mol.